The van der Waals surface area contributed by atoms with Crippen molar-refractivity contribution in [3.8, 4) is 11.5 Å². The van der Waals surface area contributed by atoms with Crippen LogP contribution in [0.15, 0.2) is 23.2 Å². The number of aromatic hydroxyl groups is 1. The smallest absolute Gasteiger partial charge is 0.161 e. The molecule has 1 aromatic rings. The van der Waals surface area contributed by atoms with E-state index in [9.17, 15) is 9.90 Å². The van der Waals surface area contributed by atoms with Crippen LogP contribution >= 0.6 is 15.9 Å². The number of likely N-dealkylation sites (tertiary alicyclic amines) is 1. The third kappa shape index (κ3) is 2.39. The van der Waals surface area contributed by atoms with Crippen molar-refractivity contribution >= 4 is 21.7 Å². The molecule has 3 atom stereocenters. The molecule has 2 fully saturated rings. The maximum atomic E-state index is 12.4. The van der Waals surface area contributed by atoms with Crippen LogP contribution in [-0.2, 0) is 16.6 Å². The van der Waals surface area contributed by atoms with Gasteiger partial charge in [0.2, 0.25) is 0 Å². The first-order chi connectivity index (χ1) is 12.0. The lowest BCUT2D eigenvalue weighted by atomic mass is 9.52. The molecule has 2 unspecified atom stereocenters. The van der Waals surface area contributed by atoms with E-state index in [1.54, 1.807) is 7.11 Å². The molecule has 2 bridgehead atoms. The van der Waals surface area contributed by atoms with E-state index in [0.29, 0.717) is 36.3 Å². The molecule has 1 N–H and O–H groups in total. The van der Waals surface area contributed by atoms with Crippen LogP contribution in [0, 0.1) is 5.92 Å². The van der Waals surface area contributed by atoms with Gasteiger partial charge in [-0.25, -0.2) is 0 Å². The molecule has 4 rings (SSSR count). The predicted molar refractivity (Wildman–Crippen MR) is 100 cm³/mol. The monoisotopic (exact) mass is 405 g/mol. The number of hydrogen-bond acceptors (Lipinski definition) is 4. The number of nitrogens with zero attached hydrogens (tertiary/aromatic N) is 1. The van der Waals surface area contributed by atoms with Crippen molar-refractivity contribution in [2.75, 3.05) is 20.2 Å². The third-order valence-corrected chi connectivity index (χ3v) is 7.26. The lowest BCUT2D eigenvalue weighted by molar-refractivity contribution is -0.127. The van der Waals surface area contributed by atoms with E-state index >= 15 is 0 Å². The van der Waals surface area contributed by atoms with Crippen molar-refractivity contribution in [2.45, 2.75) is 43.6 Å². The number of hydrogen-bond donors (Lipinski definition) is 1. The van der Waals surface area contributed by atoms with Crippen LogP contribution in [-0.4, -0.2) is 42.0 Å². The summed E-state index contributed by atoms with van der Waals surface area (Å²) in [7, 11) is 1.58. The molecule has 3 aliphatic rings. The second-order valence-corrected chi connectivity index (χ2v) is 8.44. The number of phenolic OH excluding ortho intramolecular Hbond substituents is 1. The average Bonchev–Trinajstić information content (AvgIpc) is 2.59. The Hall–Kier alpha value is -1.33. The fourth-order valence-corrected chi connectivity index (χ4v) is 6.15. The highest BCUT2D eigenvalue weighted by Gasteiger charge is 2.57. The van der Waals surface area contributed by atoms with E-state index in [1.807, 2.05) is 12.1 Å². The fraction of sp³-hybridized carbons (Fsp3) is 0.550. The van der Waals surface area contributed by atoms with Gasteiger partial charge >= 0.3 is 0 Å². The van der Waals surface area contributed by atoms with E-state index in [4.69, 9.17) is 4.74 Å². The van der Waals surface area contributed by atoms with Crippen LogP contribution < -0.4 is 4.74 Å². The predicted octanol–water partition coefficient (Wildman–Crippen LogP) is 3.59. The Balaban J connectivity index is 1.94. The molecule has 5 heteroatoms. The summed E-state index contributed by atoms with van der Waals surface area (Å²) in [4.78, 5) is 14.9. The molecular weight excluding hydrogens is 382 g/mol. The van der Waals surface area contributed by atoms with Crippen molar-refractivity contribution in [2.24, 2.45) is 5.92 Å². The molecule has 4 nitrogen and oxygen atoms in total. The average molecular weight is 406 g/mol. The van der Waals surface area contributed by atoms with Gasteiger partial charge in [0.25, 0.3) is 0 Å². The molecule has 1 aromatic carbocycles. The molecule has 1 aliphatic heterocycles. The Morgan fingerprint density at radius 1 is 1.56 bits per heavy atom. The minimum Gasteiger partial charge on any atom is -0.504 e. The first-order valence-corrected chi connectivity index (χ1v) is 9.76. The highest BCUT2D eigenvalue weighted by Crippen LogP contribution is 2.59. The number of piperidine rings is 1. The number of methoxy groups -OCH3 is 1. The van der Waals surface area contributed by atoms with Gasteiger partial charge < -0.3 is 9.84 Å². The number of halogens is 1. The highest BCUT2D eigenvalue weighted by atomic mass is 79.9. The maximum Gasteiger partial charge on any atom is 0.161 e. The Morgan fingerprint density at radius 3 is 3.08 bits per heavy atom. The summed E-state index contributed by atoms with van der Waals surface area (Å²) in [6.07, 6.45) is 5.86. The van der Waals surface area contributed by atoms with Gasteiger partial charge in [0, 0.05) is 40.9 Å². The van der Waals surface area contributed by atoms with E-state index in [-0.39, 0.29) is 11.2 Å². The van der Waals surface area contributed by atoms with E-state index < -0.39 is 0 Å². The molecule has 2 aliphatic carbocycles. The van der Waals surface area contributed by atoms with Gasteiger partial charge in [0.05, 0.1) is 7.11 Å². The van der Waals surface area contributed by atoms with Crippen molar-refractivity contribution in [1.82, 2.24) is 4.90 Å². The number of benzene rings is 1. The van der Waals surface area contributed by atoms with Crippen LogP contribution in [0.5, 0.6) is 11.5 Å². The van der Waals surface area contributed by atoms with Gasteiger partial charge in [-0.3, -0.25) is 9.69 Å². The largest absolute Gasteiger partial charge is 0.504 e. The number of phenols is 1. The number of ketones is 1. The van der Waals surface area contributed by atoms with Crippen LogP contribution in [0.25, 0.3) is 0 Å². The summed E-state index contributed by atoms with van der Waals surface area (Å²) < 4.78 is 6.37. The zero-order chi connectivity index (χ0) is 17.8. The molecule has 0 aromatic heterocycles. The van der Waals surface area contributed by atoms with Gasteiger partial charge in [0.1, 0.15) is 5.78 Å². The molecule has 0 radical (unpaired) electrons. The number of carbonyl (C=O) groups excluding carboxylic acids is 1. The summed E-state index contributed by atoms with van der Waals surface area (Å²) in [6.45, 7) is 5.73. The number of ether oxygens (including phenoxy) is 1. The second-order valence-electron chi connectivity index (χ2n) is 7.58. The molecule has 0 spiro atoms. The SMILES string of the molecule is C=CCN1CC[C@@]23CC(=O)CCC2C1Cc1c(Br)cc(OC)c(O)c13. The highest BCUT2D eigenvalue weighted by molar-refractivity contribution is 9.10. The molecule has 1 heterocycles. The summed E-state index contributed by atoms with van der Waals surface area (Å²) in [5.74, 6) is 1.44. The summed E-state index contributed by atoms with van der Waals surface area (Å²) >= 11 is 3.69. The van der Waals surface area contributed by atoms with Crippen LogP contribution in [0.2, 0.25) is 0 Å². The Bertz CT molecular complexity index is 747. The van der Waals surface area contributed by atoms with Gasteiger partial charge in [-0.05, 0) is 43.4 Å². The van der Waals surface area contributed by atoms with Gasteiger partial charge in [-0.2, -0.15) is 0 Å². The quantitative estimate of drug-likeness (QED) is 0.780. The first kappa shape index (κ1) is 17.1. The molecule has 134 valence electrons. The summed E-state index contributed by atoms with van der Waals surface area (Å²) in [5, 5.41) is 11.0. The van der Waals surface area contributed by atoms with E-state index in [2.05, 4.69) is 27.4 Å². The van der Waals surface area contributed by atoms with Gasteiger partial charge in [-0.15, -0.1) is 6.58 Å². The fourth-order valence-electron chi connectivity index (χ4n) is 5.58. The van der Waals surface area contributed by atoms with Crippen LogP contribution in [0.1, 0.15) is 36.8 Å². The number of rotatable bonds is 3. The molecular formula is C20H24BrNO3. The lowest BCUT2D eigenvalue weighted by Crippen LogP contribution is -2.61. The third-order valence-electron chi connectivity index (χ3n) is 6.55. The second kappa shape index (κ2) is 6.13. The van der Waals surface area contributed by atoms with E-state index in [0.717, 1.165) is 48.0 Å². The van der Waals surface area contributed by atoms with Crippen molar-refractivity contribution in [1.29, 1.82) is 0 Å². The number of Topliss-reactive ketones (excluding diaryl/α,β-unsaturated/α-hetero) is 1. The van der Waals surface area contributed by atoms with Crippen molar-refractivity contribution in [3.63, 3.8) is 0 Å². The minimum absolute atomic E-state index is 0.232. The van der Waals surface area contributed by atoms with Gasteiger partial charge in [-0.1, -0.05) is 22.0 Å². The molecule has 25 heavy (non-hydrogen) atoms. The van der Waals surface area contributed by atoms with Gasteiger partial charge in [0.15, 0.2) is 11.5 Å². The minimum atomic E-state index is -0.258. The van der Waals surface area contributed by atoms with Crippen molar-refractivity contribution in [3.05, 3.63) is 34.3 Å². The standard InChI is InChI=1S/C20H24BrNO3/c1-3-7-22-8-6-20-11-12(23)4-5-14(20)16(22)9-13-15(21)10-17(25-2)19(24)18(13)20/h3,10,14,16,24H,1,4-9,11H2,2H3/t14?,16?,20-/m1/s1. The summed E-state index contributed by atoms with van der Waals surface area (Å²) in [5.41, 5.74) is 1.85. The number of fused-ring (bicyclic) bond motifs is 1. The summed E-state index contributed by atoms with van der Waals surface area (Å²) in [6, 6.07) is 2.25. The Labute approximate surface area is 157 Å². The Morgan fingerprint density at radius 2 is 2.36 bits per heavy atom. The van der Waals surface area contributed by atoms with Crippen LogP contribution in [0.3, 0.4) is 0 Å². The Kier molecular flexibility index (Phi) is 4.19. The number of carbonyl (C=O) groups is 1. The van der Waals surface area contributed by atoms with Crippen molar-refractivity contribution < 1.29 is 14.6 Å². The lowest BCUT2D eigenvalue weighted by Gasteiger charge is -2.58. The maximum absolute atomic E-state index is 12.4. The molecule has 1 saturated carbocycles. The zero-order valence-corrected chi connectivity index (χ0v) is 16.1. The first-order valence-electron chi connectivity index (χ1n) is 8.97. The molecule has 1 saturated heterocycles. The normalized spacial score (nSPS) is 31.2. The zero-order valence-electron chi connectivity index (χ0n) is 14.6. The molecule has 0 amide bonds. The van der Waals surface area contributed by atoms with Crippen LogP contribution in [0.4, 0.5) is 0 Å². The van der Waals surface area contributed by atoms with E-state index in [1.165, 1.54) is 0 Å². The topological polar surface area (TPSA) is 49.8 Å².